The number of hydrogen-bond donors (Lipinski definition) is 2. The van der Waals surface area contributed by atoms with Gasteiger partial charge in [0.05, 0.1) is 5.60 Å². The fourth-order valence-electron chi connectivity index (χ4n) is 1.96. The van der Waals surface area contributed by atoms with E-state index in [9.17, 15) is 9.90 Å². The molecule has 0 saturated carbocycles. The molecule has 0 saturated heterocycles. The number of amides is 1. The Balaban J connectivity index is 2.03. The van der Waals surface area contributed by atoms with Crippen molar-refractivity contribution in [3.05, 3.63) is 42.1 Å². The van der Waals surface area contributed by atoms with E-state index in [1.165, 1.54) is 0 Å². The minimum atomic E-state index is -0.873. The van der Waals surface area contributed by atoms with E-state index >= 15 is 0 Å². The molecule has 5 heteroatoms. The largest absolute Gasteiger partial charge is 0.388 e. The van der Waals surface area contributed by atoms with E-state index in [0.717, 1.165) is 5.56 Å². The molecule has 1 aromatic heterocycles. The van der Waals surface area contributed by atoms with Crippen molar-refractivity contribution in [2.75, 3.05) is 6.54 Å². The van der Waals surface area contributed by atoms with Gasteiger partial charge in [0, 0.05) is 18.2 Å². The molecule has 112 valence electrons. The number of rotatable bonds is 6. The van der Waals surface area contributed by atoms with Gasteiger partial charge in [-0.2, -0.15) is 0 Å². The van der Waals surface area contributed by atoms with Crippen molar-refractivity contribution >= 4 is 5.91 Å². The van der Waals surface area contributed by atoms with Gasteiger partial charge in [0.25, 0.3) is 5.91 Å². The smallest absolute Gasteiger partial charge is 0.273 e. The van der Waals surface area contributed by atoms with E-state index in [4.69, 9.17) is 4.52 Å². The van der Waals surface area contributed by atoms with Crippen LogP contribution < -0.4 is 5.32 Å². The molecule has 0 aliphatic heterocycles. The fourth-order valence-corrected chi connectivity index (χ4v) is 1.96. The number of hydrogen-bond acceptors (Lipinski definition) is 4. The van der Waals surface area contributed by atoms with E-state index in [2.05, 4.69) is 10.5 Å². The second-order valence-corrected chi connectivity index (χ2v) is 5.06. The van der Waals surface area contributed by atoms with Crippen molar-refractivity contribution < 1.29 is 14.4 Å². The normalized spacial score (nSPS) is 11.4. The molecule has 0 bridgehead atoms. The third-order valence-corrected chi connectivity index (χ3v) is 3.70. The van der Waals surface area contributed by atoms with Crippen LogP contribution in [0.4, 0.5) is 0 Å². The number of carbonyl (C=O) groups excluding carboxylic acids is 1. The van der Waals surface area contributed by atoms with Gasteiger partial charge >= 0.3 is 0 Å². The lowest BCUT2D eigenvalue weighted by Gasteiger charge is -2.24. The van der Waals surface area contributed by atoms with Crippen LogP contribution in [0.3, 0.4) is 0 Å². The minimum absolute atomic E-state index is 0.201. The molecule has 2 N–H and O–H groups in total. The predicted molar refractivity (Wildman–Crippen MR) is 79.8 cm³/mol. The summed E-state index contributed by atoms with van der Waals surface area (Å²) in [5.41, 5.74) is 0.202. The van der Waals surface area contributed by atoms with Crippen LogP contribution in [-0.4, -0.2) is 28.3 Å². The monoisotopic (exact) mass is 288 g/mol. The number of carbonyl (C=O) groups is 1. The van der Waals surface area contributed by atoms with Gasteiger partial charge in [-0.25, -0.2) is 0 Å². The first-order chi connectivity index (χ1) is 10.1. The maximum atomic E-state index is 12.0. The molecule has 0 radical (unpaired) electrons. The average Bonchev–Trinajstić information content (AvgIpc) is 3.03. The molecular weight excluding hydrogens is 268 g/mol. The van der Waals surface area contributed by atoms with Gasteiger partial charge in [-0.3, -0.25) is 4.79 Å². The summed E-state index contributed by atoms with van der Waals surface area (Å²) in [5.74, 6) is 0.197. The lowest BCUT2D eigenvalue weighted by molar-refractivity contribution is 0.0312. The van der Waals surface area contributed by atoms with E-state index < -0.39 is 5.60 Å². The first-order valence-corrected chi connectivity index (χ1v) is 7.10. The average molecular weight is 288 g/mol. The van der Waals surface area contributed by atoms with Gasteiger partial charge in [0.1, 0.15) is 0 Å². The Labute approximate surface area is 124 Å². The van der Waals surface area contributed by atoms with Crippen LogP contribution in [0, 0.1) is 0 Å². The molecule has 2 rings (SSSR count). The lowest BCUT2D eigenvalue weighted by Crippen LogP contribution is -2.42. The summed E-state index contributed by atoms with van der Waals surface area (Å²) in [6, 6.07) is 11.1. The van der Waals surface area contributed by atoms with Crippen molar-refractivity contribution in [2.24, 2.45) is 0 Å². The van der Waals surface area contributed by atoms with Crippen molar-refractivity contribution in [3.8, 4) is 11.3 Å². The quantitative estimate of drug-likeness (QED) is 0.856. The maximum Gasteiger partial charge on any atom is 0.273 e. The van der Waals surface area contributed by atoms with Crippen LogP contribution in [0.25, 0.3) is 11.3 Å². The Hall–Kier alpha value is -2.14. The van der Waals surface area contributed by atoms with Gasteiger partial charge in [-0.05, 0) is 12.8 Å². The maximum absolute atomic E-state index is 12.0. The third-order valence-electron chi connectivity index (χ3n) is 3.70. The number of nitrogens with zero attached hydrogens (tertiary/aromatic N) is 1. The molecule has 0 fully saturated rings. The highest BCUT2D eigenvalue weighted by atomic mass is 16.5. The summed E-state index contributed by atoms with van der Waals surface area (Å²) in [4.78, 5) is 12.0. The van der Waals surface area contributed by atoms with Crippen molar-refractivity contribution in [2.45, 2.75) is 32.3 Å². The molecule has 0 unspecified atom stereocenters. The standard InChI is InChI=1S/C16H20N2O3/c1-3-16(20,4-2)11-17-15(19)13-10-14(21-18-13)12-8-6-5-7-9-12/h5-10,20H,3-4,11H2,1-2H3,(H,17,19). The minimum Gasteiger partial charge on any atom is -0.388 e. The molecule has 0 aliphatic rings. The van der Waals surface area contributed by atoms with Crippen LogP contribution in [0.1, 0.15) is 37.2 Å². The van der Waals surface area contributed by atoms with E-state index in [0.29, 0.717) is 18.6 Å². The summed E-state index contributed by atoms with van der Waals surface area (Å²) >= 11 is 0. The van der Waals surface area contributed by atoms with Gasteiger partial charge < -0.3 is 14.9 Å². The number of aromatic nitrogens is 1. The summed E-state index contributed by atoms with van der Waals surface area (Å²) in [6.45, 7) is 3.98. The van der Waals surface area contributed by atoms with Gasteiger partial charge in [0.15, 0.2) is 11.5 Å². The molecular formula is C16H20N2O3. The Morgan fingerprint density at radius 3 is 2.57 bits per heavy atom. The topological polar surface area (TPSA) is 75.4 Å². The van der Waals surface area contributed by atoms with E-state index in [1.54, 1.807) is 6.07 Å². The van der Waals surface area contributed by atoms with Crippen LogP contribution in [0.2, 0.25) is 0 Å². The Bertz CT molecular complexity index is 589. The second-order valence-electron chi connectivity index (χ2n) is 5.06. The van der Waals surface area contributed by atoms with Crippen molar-refractivity contribution in [1.29, 1.82) is 0 Å². The number of aliphatic hydroxyl groups is 1. The highest BCUT2D eigenvalue weighted by molar-refractivity contribution is 5.93. The van der Waals surface area contributed by atoms with Crippen molar-refractivity contribution in [1.82, 2.24) is 10.5 Å². The fraction of sp³-hybridized carbons (Fsp3) is 0.375. The zero-order valence-corrected chi connectivity index (χ0v) is 12.3. The zero-order valence-electron chi connectivity index (χ0n) is 12.3. The molecule has 5 nitrogen and oxygen atoms in total. The summed E-state index contributed by atoms with van der Waals surface area (Å²) in [6.07, 6.45) is 1.16. The molecule has 0 spiro atoms. The highest BCUT2D eigenvalue weighted by Gasteiger charge is 2.24. The van der Waals surface area contributed by atoms with Crippen molar-refractivity contribution in [3.63, 3.8) is 0 Å². The Morgan fingerprint density at radius 2 is 1.95 bits per heavy atom. The van der Waals surface area contributed by atoms with E-state index in [1.807, 2.05) is 44.2 Å². The summed E-state index contributed by atoms with van der Waals surface area (Å²) < 4.78 is 5.18. The van der Waals surface area contributed by atoms with Gasteiger partial charge in [-0.1, -0.05) is 49.3 Å². The summed E-state index contributed by atoms with van der Waals surface area (Å²) in [7, 11) is 0. The SMILES string of the molecule is CCC(O)(CC)CNC(=O)c1cc(-c2ccccc2)on1. The number of nitrogens with one attached hydrogen (secondary N) is 1. The van der Waals surface area contributed by atoms with Crippen LogP contribution >= 0.6 is 0 Å². The lowest BCUT2D eigenvalue weighted by atomic mass is 9.97. The van der Waals surface area contributed by atoms with Gasteiger partial charge in [-0.15, -0.1) is 0 Å². The number of benzene rings is 1. The molecule has 2 aromatic rings. The van der Waals surface area contributed by atoms with E-state index in [-0.39, 0.29) is 18.1 Å². The Kier molecular flexibility index (Phi) is 4.75. The third kappa shape index (κ3) is 3.70. The van der Waals surface area contributed by atoms with Crippen LogP contribution in [-0.2, 0) is 0 Å². The predicted octanol–water partition coefficient (Wildman–Crippen LogP) is 2.62. The van der Waals surface area contributed by atoms with Gasteiger partial charge in [0.2, 0.25) is 0 Å². The Morgan fingerprint density at radius 1 is 1.29 bits per heavy atom. The molecule has 1 heterocycles. The molecule has 1 amide bonds. The molecule has 21 heavy (non-hydrogen) atoms. The molecule has 0 atom stereocenters. The molecule has 0 aliphatic carbocycles. The zero-order chi connectivity index (χ0) is 15.3. The molecule has 1 aromatic carbocycles. The van der Waals surface area contributed by atoms with Crippen LogP contribution in [0.15, 0.2) is 40.9 Å². The first-order valence-electron chi connectivity index (χ1n) is 7.10. The highest BCUT2D eigenvalue weighted by Crippen LogP contribution is 2.20. The first kappa shape index (κ1) is 15.3. The van der Waals surface area contributed by atoms with Crippen LogP contribution in [0.5, 0.6) is 0 Å². The summed E-state index contributed by atoms with van der Waals surface area (Å²) in [5, 5.41) is 16.6. The second kappa shape index (κ2) is 6.54.